The summed E-state index contributed by atoms with van der Waals surface area (Å²) in [7, 11) is 0. The first-order valence-electron chi connectivity index (χ1n) is 6.79. The SMILES string of the molecule is CC(C(=O)Nc1cc(C(C)(C)C)[nH]n1)c1ccccc1. The lowest BCUT2D eigenvalue weighted by Crippen LogP contribution is -2.19. The Hall–Kier alpha value is -2.10. The molecule has 0 saturated carbocycles. The van der Waals surface area contributed by atoms with Gasteiger partial charge in [-0.1, -0.05) is 51.1 Å². The Morgan fingerprint density at radius 3 is 2.45 bits per heavy atom. The Morgan fingerprint density at radius 1 is 1.25 bits per heavy atom. The smallest absolute Gasteiger partial charge is 0.232 e. The minimum Gasteiger partial charge on any atom is -0.309 e. The summed E-state index contributed by atoms with van der Waals surface area (Å²) < 4.78 is 0. The first-order chi connectivity index (χ1) is 9.38. The van der Waals surface area contributed by atoms with Gasteiger partial charge in [0.05, 0.1) is 5.92 Å². The summed E-state index contributed by atoms with van der Waals surface area (Å²) >= 11 is 0. The number of carbonyl (C=O) groups excluding carboxylic acids is 1. The second-order valence-corrected chi connectivity index (χ2v) is 6.04. The largest absolute Gasteiger partial charge is 0.309 e. The van der Waals surface area contributed by atoms with Crippen LogP contribution in [0, 0.1) is 0 Å². The van der Waals surface area contributed by atoms with Gasteiger partial charge in [-0.05, 0) is 12.5 Å². The number of aromatic nitrogens is 2. The fourth-order valence-corrected chi connectivity index (χ4v) is 1.90. The minimum atomic E-state index is -0.203. The highest BCUT2D eigenvalue weighted by atomic mass is 16.1. The zero-order chi connectivity index (χ0) is 14.8. The van der Waals surface area contributed by atoms with Crippen molar-refractivity contribution < 1.29 is 4.79 Å². The summed E-state index contributed by atoms with van der Waals surface area (Å²) in [6.45, 7) is 8.18. The molecule has 106 valence electrons. The maximum absolute atomic E-state index is 12.2. The Labute approximate surface area is 119 Å². The predicted octanol–water partition coefficient (Wildman–Crippen LogP) is 3.45. The van der Waals surface area contributed by atoms with Crippen LogP contribution in [0.4, 0.5) is 5.82 Å². The Balaban J connectivity index is 2.07. The molecule has 2 aromatic rings. The summed E-state index contributed by atoms with van der Waals surface area (Å²) in [4.78, 5) is 12.2. The van der Waals surface area contributed by atoms with Crippen molar-refractivity contribution in [3.63, 3.8) is 0 Å². The number of rotatable bonds is 3. The van der Waals surface area contributed by atoms with Crippen LogP contribution < -0.4 is 5.32 Å². The molecule has 0 saturated heterocycles. The molecule has 0 spiro atoms. The van der Waals surface area contributed by atoms with E-state index in [1.54, 1.807) is 0 Å². The molecule has 4 heteroatoms. The van der Waals surface area contributed by atoms with E-state index in [9.17, 15) is 4.79 Å². The number of H-pyrrole nitrogens is 1. The summed E-state index contributed by atoms with van der Waals surface area (Å²) in [5, 5.41) is 9.96. The van der Waals surface area contributed by atoms with Gasteiger partial charge >= 0.3 is 0 Å². The molecule has 0 radical (unpaired) electrons. The molecule has 0 aliphatic heterocycles. The van der Waals surface area contributed by atoms with Gasteiger partial charge in [0, 0.05) is 17.2 Å². The van der Waals surface area contributed by atoms with Crippen LogP contribution in [-0.4, -0.2) is 16.1 Å². The molecule has 0 bridgehead atoms. The summed E-state index contributed by atoms with van der Waals surface area (Å²) in [6, 6.07) is 11.6. The van der Waals surface area contributed by atoms with Crippen LogP contribution in [0.1, 0.15) is 44.9 Å². The lowest BCUT2D eigenvalue weighted by Gasteiger charge is -2.14. The van der Waals surface area contributed by atoms with Crippen molar-refractivity contribution in [2.45, 2.75) is 39.0 Å². The molecule has 0 fully saturated rings. The number of benzene rings is 1. The van der Waals surface area contributed by atoms with Gasteiger partial charge < -0.3 is 5.32 Å². The topological polar surface area (TPSA) is 57.8 Å². The van der Waals surface area contributed by atoms with E-state index in [1.807, 2.05) is 43.3 Å². The maximum atomic E-state index is 12.2. The van der Waals surface area contributed by atoms with Crippen molar-refractivity contribution in [2.75, 3.05) is 5.32 Å². The van der Waals surface area contributed by atoms with E-state index < -0.39 is 0 Å². The van der Waals surface area contributed by atoms with Crippen LogP contribution >= 0.6 is 0 Å². The molecule has 0 aliphatic rings. The van der Waals surface area contributed by atoms with Crippen molar-refractivity contribution >= 4 is 11.7 Å². The van der Waals surface area contributed by atoms with Gasteiger partial charge in [-0.25, -0.2) is 0 Å². The van der Waals surface area contributed by atoms with Crippen LogP contribution in [0.5, 0.6) is 0 Å². The molecule has 1 atom stereocenters. The van der Waals surface area contributed by atoms with Gasteiger partial charge in [-0.15, -0.1) is 0 Å². The summed E-state index contributed by atoms with van der Waals surface area (Å²) in [5.74, 6) is 0.317. The Kier molecular flexibility index (Phi) is 3.93. The molecule has 1 heterocycles. The van der Waals surface area contributed by atoms with Crippen molar-refractivity contribution in [2.24, 2.45) is 0 Å². The molecular weight excluding hydrogens is 250 g/mol. The predicted molar refractivity (Wildman–Crippen MR) is 80.8 cm³/mol. The average Bonchev–Trinajstić information content (AvgIpc) is 2.87. The number of aromatic amines is 1. The molecule has 1 aromatic carbocycles. The summed E-state index contributed by atoms with van der Waals surface area (Å²) in [5.41, 5.74) is 1.98. The molecule has 1 aromatic heterocycles. The van der Waals surface area contributed by atoms with Gasteiger partial charge in [0.2, 0.25) is 5.91 Å². The number of hydrogen-bond acceptors (Lipinski definition) is 2. The zero-order valence-corrected chi connectivity index (χ0v) is 12.4. The van der Waals surface area contributed by atoms with Gasteiger partial charge in [0.1, 0.15) is 0 Å². The normalized spacial score (nSPS) is 13.0. The standard InChI is InChI=1S/C16H21N3O/c1-11(12-8-6-5-7-9-12)15(20)17-14-10-13(18-19-14)16(2,3)4/h5-11H,1-4H3,(H2,17,18,19,20). The first kappa shape index (κ1) is 14.3. The number of carbonyl (C=O) groups is 1. The first-order valence-corrected chi connectivity index (χ1v) is 6.79. The molecule has 0 aliphatic carbocycles. The van der Waals surface area contributed by atoms with Crippen molar-refractivity contribution in [3.05, 3.63) is 47.7 Å². The van der Waals surface area contributed by atoms with Gasteiger partial charge in [0.25, 0.3) is 0 Å². The molecule has 2 rings (SSSR count). The fourth-order valence-electron chi connectivity index (χ4n) is 1.90. The molecule has 2 N–H and O–H groups in total. The van der Waals surface area contributed by atoms with E-state index in [0.717, 1.165) is 11.3 Å². The number of nitrogens with one attached hydrogen (secondary N) is 2. The molecule has 1 amide bonds. The fraction of sp³-hybridized carbons (Fsp3) is 0.375. The third kappa shape index (κ3) is 3.26. The van der Waals surface area contributed by atoms with Crippen LogP contribution in [0.15, 0.2) is 36.4 Å². The van der Waals surface area contributed by atoms with Gasteiger partial charge in [-0.3, -0.25) is 9.89 Å². The number of anilines is 1. The molecule has 20 heavy (non-hydrogen) atoms. The van der Waals surface area contributed by atoms with E-state index in [2.05, 4.69) is 36.3 Å². The average molecular weight is 271 g/mol. The monoisotopic (exact) mass is 271 g/mol. The zero-order valence-electron chi connectivity index (χ0n) is 12.4. The van der Waals surface area contributed by atoms with Crippen molar-refractivity contribution in [1.29, 1.82) is 0 Å². The number of nitrogens with zero attached hydrogens (tertiary/aromatic N) is 1. The van der Waals surface area contributed by atoms with E-state index >= 15 is 0 Å². The van der Waals surface area contributed by atoms with E-state index in [-0.39, 0.29) is 17.2 Å². The maximum Gasteiger partial charge on any atom is 0.232 e. The Morgan fingerprint density at radius 2 is 1.90 bits per heavy atom. The second-order valence-electron chi connectivity index (χ2n) is 6.04. The second kappa shape index (κ2) is 5.49. The molecular formula is C16H21N3O. The third-order valence-corrected chi connectivity index (χ3v) is 3.33. The van der Waals surface area contributed by atoms with E-state index in [0.29, 0.717) is 5.82 Å². The number of amides is 1. The highest BCUT2D eigenvalue weighted by Gasteiger charge is 2.19. The minimum absolute atomic E-state index is 0.0129. The van der Waals surface area contributed by atoms with Gasteiger partial charge in [0.15, 0.2) is 5.82 Å². The van der Waals surface area contributed by atoms with Gasteiger partial charge in [-0.2, -0.15) is 5.10 Å². The Bertz CT molecular complexity index is 581. The van der Waals surface area contributed by atoms with Crippen molar-refractivity contribution in [1.82, 2.24) is 10.2 Å². The van der Waals surface area contributed by atoms with E-state index in [4.69, 9.17) is 0 Å². The van der Waals surface area contributed by atoms with Crippen LogP contribution in [-0.2, 0) is 10.2 Å². The van der Waals surface area contributed by atoms with Crippen LogP contribution in [0.2, 0.25) is 0 Å². The van der Waals surface area contributed by atoms with Crippen LogP contribution in [0.25, 0.3) is 0 Å². The lowest BCUT2D eigenvalue weighted by atomic mass is 9.92. The van der Waals surface area contributed by atoms with Crippen molar-refractivity contribution in [3.8, 4) is 0 Å². The highest BCUT2D eigenvalue weighted by Crippen LogP contribution is 2.23. The lowest BCUT2D eigenvalue weighted by molar-refractivity contribution is -0.117. The molecule has 1 unspecified atom stereocenters. The van der Waals surface area contributed by atoms with E-state index in [1.165, 1.54) is 0 Å². The van der Waals surface area contributed by atoms with Crippen LogP contribution in [0.3, 0.4) is 0 Å². The third-order valence-electron chi connectivity index (χ3n) is 3.33. The quantitative estimate of drug-likeness (QED) is 0.898. The molecule has 4 nitrogen and oxygen atoms in total. The highest BCUT2D eigenvalue weighted by molar-refractivity contribution is 5.94. The summed E-state index contributed by atoms with van der Waals surface area (Å²) in [6.07, 6.45) is 0. The number of hydrogen-bond donors (Lipinski definition) is 2.